The minimum absolute atomic E-state index is 0.0694. The molecule has 120 valence electrons. The quantitative estimate of drug-likeness (QED) is 0.630. The number of aromatic carboxylic acids is 2. The van der Waals surface area contributed by atoms with Crippen molar-refractivity contribution in [3.63, 3.8) is 0 Å². The number of hydrogen-bond acceptors (Lipinski definition) is 4. The monoisotopic (exact) mass is 308 g/mol. The molecular formula is C16H20O6. The van der Waals surface area contributed by atoms with Gasteiger partial charge in [-0.3, -0.25) is 0 Å². The maximum Gasteiger partial charge on any atom is 0.335 e. The van der Waals surface area contributed by atoms with Crippen molar-refractivity contribution in [2.24, 2.45) is 5.41 Å². The van der Waals surface area contributed by atoms with Crippen molar-refractivity contribution in [1.29, 1.82) is 0 Å². The van der Waals surface area contributed by atoms with E-state index >= 15 is 0 Å². The van der Waals surface area contributed by atoms with Gasteiger partial charge in [-0.05, 0) is 43.5 Å². The number of rotatable bonds is 4. The Morgan fingerprint density at radius 1 is 0.955 bits per heavy atom. The van der Waals surface area contributed by atoms with Crippen molar-refractivity contribution in [1.82, 2.24) is 0 Å². The average Bonchev–Trinajstić information content (AvgIpc) is 2.56. The number of hydrogen-bond donors (Lipinski definition) is 4. The molecule has 0 amide bonds. The van der Waals surface area contributed by atoms with Crippen LogP contribution >= 0.6 is 0 Å². The molecule has 0 fully saturated rings. The maximum atomic E-state index is 10.3. The molecule has 0 spiro atoms. The molecule has 1 aromatic carbocycles. The minimum atomic E-state index is -1.06. The Labute approximate surface area is 128 Å². The van der Waals surface area contributed by atoms with Gasteiger partial charge in [0.1, 0.15) is 0 Å². The van der Waals surface area contributed by atoms with Crippen molar-refractivity contribution in [3.05, 3.63) is 47.5 Å². The lowest BCUT2D eigenvalue weighted by molar-refractivity contribution is 0.0681. The number of carboxylic acid groups (broad SMARTS) is 2. The highest BCUT2D eigenvalue weighted by Crippen LogP contribution is 2.29. The Bertz CT molecular complexity index is 495. The first-order valence-corrected chi connectivity index (χ1v) is 6.90. The highest BCUT2D eigenvalue weighted by Gasteiger charge is 2.26. The minimum Gasteiger partial charge on any atom is -0.478 e. The van der Waals surface area contributed by atoms with Gasteiger partial charge in [0.05, 0.1) is 24.3 Å². The van der Waals surface area contributed by atoms with E-state index < -0.39 is 11.9 Å². The van der Waals surface area contributed by atoms with E-state index in [0.29, 0.717) is 0 Å². The molecule has 0 saturated carbocycles. The molecule has 6 heteroatoms. The Hall–Kier alpha value is -2.18. The molecule has 0 radical (unpaired) electrons. The lowest BCUT2D eigenvalue weighted by Crippen LogP contribution is -2.28. The summed E-state index contributed by atoms with van der Waals surface area (Å²) < 4.78 is 0. The van der Waals surface area contributed by atoms with Crippen LogP contribution in [-0.2, 0) is 0 Å². The Balaban J connectivity index is 0.000000224. The van der Waals surface area contributed by atoms with E-state index in [-0.39, 0.29) is 29.8 Å². The first kappa shape index (κ1) is 17.9. The molecule has 1 aromatic rings. The fraction of sp³-hybridized carbons (Fsp3) is 0.375. The van der Waals surface area contributed by atoms with Crippen molar-refractivity contribution < 1.29 is 30.0 Å². The molecule has 0 aliphatic heterocycles. The second-order valence-electron chi connectivity index (χ2n) is 5.16. The van der Waals surface area contributed by atoms with E-state index in [9.17, 15) is 9.59 Å². The Morgan fingerprint density at radius 2 is 1.41 bits per heavy atom. The number of allylic oxidation sites excluding steroid dienone is 1. The summed E-state index contributed by atoms with van der Waals surface area (Å²) in [5, 5.41) is 34.8. The molecule has 4 N–H and O–H groups in total. The van der Waals surface area contributed by atoms with Crippen LogP contribution in [0.4, 0.5) is 0 Å². The van der Waals surface area contributed by atoms with Gasteiger partial charge in [-0.1, -0.05) is 12.2 Å². The predicted octanol–water partition coefficient (Wildman–Crippen LogP) is 1.78. The van der Waals surface area contributed by atoms with Crippen molar-refractivity contribution >= 4 is 11.9 Å². The highest BCUT2D eigenvalue weighted by atomic mass is 16.4. The van der Waals surface area contributed by atoms with Crippen molar-refractivity contribution in [2.45, 2.75) is 19.3 Å². The Morgan fingerprint density at radius 3 is 1.64 bits per heavy atom. The van der Waals surface area contributed by atoms with Gasteiger partial charge < -0.3 is 20.4 Å². The topological polar surface area (TPSA) is 115 Å². The van der Waals surface area contributed by atoms with Gasteiger partial charge in [-0.25, -0.2) is 9.59 Å². The molecule has 0 bridgehead atoms. The summed E-state index contributed by atoms with van der Waals surface area (Å²) in [6.07, 6.45) is 7.06. The number of benzene rings is 1. The predicted molar refractivity (Wildman–Crippen MR) is 80.0 cm³/mol. The van der Waals surface area contributed by atoms with Crippen LogP contribution in [0.5, 0.6) is 0 Å². The van der Waals surface area contributed by atoms with Crippen LogP contribution < -0.4 is 0 Å². The standard InChI is InChI=1S/C8H6O4.C8H14O2/c9-7(10)5-1-2-6(4-3-5)8(11)12;9-6-8(7-10)4-2-1-3-5-8/h1-4H,(H,9,10)(H,11,12);2,4,9-10H,1,3,5-7H2. The molecular weight excluding hydrogens is 288 g/mol. The summed E-state index contributed by atoms with van der Waals surface area (Å²) in [5.41, 5.74) is -0.141. The van der Waals surface area contributed by atoms with Crippen LogP contribution in [0.2, 0.25) is 0 Å². The molecule has 0 aromatic heterocycles. The van der Waals surface area contributed by atoms with Crippen LogP contribution in [0.3, 0.4) is 0 Å². The normalized spacial score (nSPS) is 15.5. The fourth-order valence-corrected chi connectivity index (χ4v) is 2.06. The van der Waals surface area contributed by atoms with Gasteiger partial charge in [0.25, 0.3) is 0 Å². The lowest BCUT2D eigenvalue weighted by Gasteiger charge is -2.28. The van der Waals surface area contributed by atoms with Gasteiger partial charge in [-0.15, -0.1) is 0 Å². The molecule has 0 unspecified atom stereocenters. The largest absolute Gasteiger partial charge is 0.478 e. The molecule has 1 aliphatic rings. The number of carbonyl (C=O) groups is 2. The molecule has 0 saturated heterocycles. The fourth-order valence-electron chi connectivity index (χ4n) is 2.06. The van der Waals surface area contributed by atoms with Gasteiger partial charge in [0, 0.05) is 5.41 Å². The van der Waals surface area contributed by atoms with E-state index in [1.807, 2.05) is 12.2 Å². The molecule has 6 nitrogen and oxygen atoms in total. The maximum absolute atomic E-state index is 10.3. The van der Waals surface area contributed by atoms with Gasteiger partial charge in [0.2, 0.25) is 0 Å². The summed E-state index contributed by atoms with van der Waals surface area (Å²) in [6, 6.07) is 5.02. The van der Waals surface area contributed by atoms with E-state index in [2.05, 4.69) is 0 Å². The summed E-state index contributed by atoms with van der Waals surface area (Å²) in [6.45, 7) is 0.139. The zero-order chi connectivity index (χ0) is 16.6. The van der Waals surface area contributed by atoms with Crippen LogP contribution in [-0.4, -0.2) is 45.6 Å². The van der Waals surface area contributed by atoms with E-state index in [1.165, 1.54) is 24.3 Å². The number of aliphatic hydroxyl groups is 2. The Kier molecular flexibility index (Phi) is 6.75. The second kappa shape index (κ2) is 8.31. The van der Waals surface area contributed by atoms with Gasteiger partial charge in [0.15, 0.2) is 0 Å². The smallest absolute Gasteiger partial charge is 0.335 e. The molecule has 2 rings (SSSR count). The zero-order valence-corrected chi connectivity index (χ0v) is 12.1. The van der Waals surface area contributed by atoms with Crippen molar-refractivity contribution in [3.8, 4) is 0 Å². The number of aliphatic hydroxyl groups excluding tert-OH is 2. The van der Waals surface area contributed by atoms with Crippen LogP contribution in [0, 0.1) is 5.41 Å². The van der Waals surface area contributed by atoms with Gasteiger partial charge in [-0.2, -0.15) is 0 Å². The highest BCUT2D eigenvalue weighted by molar-refractivity contribution is 5.91. The van der Waals surface area contributed by atoms with Crippen LogP contribution in [0.25, 0.3) is 0 Å². The molecule has 0 atom stereocenters. The van der Waals surface area contributed by atoms with Crippen molar-refractivity contribution in [2.75, 3.05) is 13.2 Å². The SMILES string of the molecule is O=C(O)c1ccc(C(=O)O)cc1.OCC1(CO)C=CCCC1. The first-order valence-electron chi connectivity index (χ1n) is 6.90. The van der Waals surface area contributed by atoms with Gasteiger partial charge >= 0.3 is 11.9 Å². The summed E-state index contributed by atoms with van der Waals surface area (Å²) in [7, 11) is 0. The summed E-state index contributed by atoms with van der Waals surface area (Å²) >= 11 is 0. The third kappa shape index (κ3) is 4.98. The first-order chi connectivity index (χ1) is 10.4. The lowest BCUT2D eigenvalue weighted by atomic mass is 9.80. The third-order valence-electron chi connectivity index (χ3n) is 3.53. The van der Waals surface area contributed by atoms with E-state index in [1.54, 1.807) is 0 Å². The second-order valence-corrected chi connectivity index (χ2v) is 5.16. The van der Waals surface area contributed by atoms with E-state index in [0.717, 1.165) is 19.3 Å². The molecule has 1 aliphatic carbocycles. The van der Waals surface area contributed by atoms with Crippen LogP contribution in [0.1, 0.15) is 40.0 Å². The summed E-state index contributed by atoms with van der Waals surface area (Å²) in [4.78, 5) is 20.7. The number of carboxylic acids is 2. The molecule has 22 heavy (non-hydrogen) atoms. The van der Waals surface area contributed by atoms with E-state index in [4.69, 9.17) is 20.4 Å². The third-order valence-corrected chi connectivity index (χ3v) is 3.53. The zero-order valence-electron chi connectivity index (χ0n) is 12.1. The summed E-state index contributed by atoms with van der Waals surface area (Å²) in [5.74, 6) is -2.13. The van der Waals surface area contributed by atoms with Crippen LogP contribution in [0.15, 0.2) is 36.4 Å². The average molecular weight is 308 g/mol. The molecule has 0 heterocycles.